The molecule has 1 aliphatic carbocycles. The summed E-state index contributed by atoms with van der Waals surface area (Å²) in [5.74, 6) is 0.689. The number of nitriles is 1. The minimum atomic E-state index is 0.330. The van der Waals surface area contributed by atoms with Crippen LogP contribution in [0.15, 0.2) is 12.1 Å². The number of aromatic nitrogens is 1. The van der Waals surface area contributed by atoms with Gasteiger partial charge in [0.2, 0.25) is 0 Å². The predicted octanol–water partition coefficient (Wildman–Crippen LogP) is 2.82. The van der Waals surface area contributed by atoms with E-state index in [9.17, 15) is 0 Å². The summed E-state index contributed by atoms with van der Waals surface area (Å²) in [4.78, 5) is 4.13. The van der Waals surface area contributed by atoms with Crippen LogP contribution in [0.25, 0.3) is 0 Å². The molecule has 1 saturated carbocycles. The van der Waals surface area contributed by atoms with Gasteiger partial charge in [-0.25, -0.2) is 4.98 Å². The normalized spacial score (nSPS) is 21.9. The molecule has 1 fully saturated rings. The van der Waals surface area contributed by atoms with Gasteiger partial charge in [-0.1, -0.05) is 25.4 Å². The molecule has 0 amide bonds. The first-order valence-corrected chi connectivity index (χ1v) is 5.23. The van der Waals surface area contributed by atoms with E-state index < -0.39 is 0 Å². The average Bonchev–Trinajstić information content (AvgIpc) is 2.72. The highest BCUT2D eigenvalue weighted by Gasteiger charge is 2.45. The molecule has 15 heavy (non-hydrogen) atoms. The molecular formula is C11H12ClN3. The van der Waals surface area contributed by atoms with Crippen LogP contribution in [-0.4, -0.2) is 11.0 Å². The van der Waals surface area contributed by atoms with Crippen LogP contribution in [-0.2, 0) is 0 Å². The first-order valence-electron chi connectivity index (χ1n) is 4.85. The van der Waals surface area contributed by atoms with Crippen molar-refractivity contribution >= 4 is 17.4 Å². The Labute approximate surface area is 94.1 Å². The van der Waals surface area contributed by atoms with Gasteiger partial charge in [0.05, 0.1) is 11.6 Å². The number of pyridine rings is 1. The SMILES string of the molecule is CC1(C)CC1Nc1cc(C#N)cc(Cl)n1. The highest BCUT2D eigenvalue weighted by molar-refractivity contribution is 6.29. The van der Waals surface area contributed by atoms with E-state index >= 15 is 0 Å². The van der Waals surface area contributed by atoms with Crippen LogP contribution in [0, 0.1) is 16.7 Å². The van der Waals surface area contributed by atoms with E-state index in [0.29, 0.717) is 28.0 Å². The number of nitrogens with one attached hydrogen (secondary N) is 1. The topological polar surface area (TPSA) is 48.7 Å². The fourth-order valence-electron chi connectivity index (χ4n) is 1.53. The highest BCUT2D eigenvalue weighted by atomic mass is 35.5. The summed E-state index contributed by atoms with van der Waals surface area (Å²) >= 11 is 5.80. The second-order valence-electron chi connectivity index (χ2n) is 4.57. The summed E-state index contributed by atoms with van der Waals surface area (Å²) in [6.45, 7) is 4.39. The Morgan fingerprint density at radius 2 is 2.27 bits per heavy atom. The fourth-order valence-corrected chi connectivity index (χ4v) is 1.74. The number of nitrogens with zero attached hydrogens (tertiary/aromatic N) is 2. The van der Waals surface area contributed by atoms with Crippen LogP contribution in [0.3, 0.4) is 0 Å². The summed E-state index contributed by atoms with van der Waals surface area (Å²) in [5, 5.41) is 12.4. The van der Waals surface area contributed by atoms with E-state index in [1.807, 2.05) is 0 Å². The molecule has 0 saturated heterocycles. The van der Waals surface area contributed by atoms with Crippen molar-refractivity contribution in [1.29, 1.82) is 5.26 Å². The lowest BCUT2D eigenvalue weighted by Crippen LogP contribution is -2.09. The third kappa shape index (κ3) is 2.21. The van der Waals surface area contributed by atoms with E-state index in [1.165, 1.54) is 0 Å². The van der Waals surface area contributed by atoms with Crippen molar-refractivity contribution in [2.75, 3.05) is 5.32 Å². The summed E-state index contributed by atoms with van der Waals surface area (Å²) in [7, 11) is 0. The molecule has 0 aliphatic heterocycles. The third-order valence-electron chi connectivity index (χ3n) is 2.76. The van der Waals surface area contributed by atoms with Crippen molar-refractivity contribution in [3.63, 3.8) is 0 Å². The van der Waals surface area contributed by atoms with E-state index in [0.717, 1.165) is 6.42 Å². The van der Waals surface area contributed by atoms with Gasteiger partial charge in [-0.15, -0.1) is 0 Å². The van der Waals surface area contributed by atoms with Crippen LogP contribution in [0.1, 0.15) is 25.8 Å². The van der Waals surface area contributed by atoms with Crippen molar-refractivity contribution in [1.82, 2.24) is 4.98 Å². The lowest BCUT2D eigenvalue weighted by molar-refractivity contribution is 0.630. The van der Waals surface area contributed by atoms with Crippen molar-refractivity contribution in [3.8, 4) is 6.07 Å². The van der Waals surface area contributed by atoms with Gasteiger partial charge in [0.15, 0.2) is 0 Å². The van der Waals surface area contributed by atoms with Gasteiger partial charge in [-0.2, -0.15) is 5.26 Å². The minimum Gasteiger partial charge on any atom is -0.367 e. The molecule has 0 aromatic carbocycles. The zero-order valence-electron chi connectivity index (χ0n) is 8.71. The number of rotatable bonds is 2. The van der Waals surface area contributed by atoms with Crippen molar-refractivity contribution in [2.45, 2.75) is 26.3 Å². The second-order valence-corrected chi connectivity index (χ2v) is 4.95. The van der Waals surface area contributed by atoms with Crippen molar-refractivity contribution < 1.29 is 0 Å². The molecule has 1 unspecified atom stereocenters. The van der Waals surface area contributed by atoms with Gasteiger partial charge in [0.25, 0.3) is 0 Å². The fraction of sp³-hybridized carbons (Fsp3) is 0.455. The van der Waals surface area contributed by atoms with Gasteiger partial charge in [0.1, 0.15) is 11.0 Å². The van der Waals surface area contributed by atoms with Gasteiger partial charge in [-0.05, 0) is 24.0 Å². The van der Waals surface area contributed by atoms with Gasteiger partial charge < -0.3 is 5.32 Å². The van der Waals surface area contributed by atoms with Crippen LogP contribution in [0.5, 0.6) is 0 Å². The average molecular weight is 222 g/mol. The number of halogens is 1. The maximum atomic E-state index is 8.77. The molecule has 1 aliphatic rings. The Hall–Kier alpha value is -1.27. The molecule has 2 rings (SSSR count). The lowest BCUT2D eigenvalue weighted by atomic mass is 10.2. The summed E-state index contributed by atoms with van der Waals surface area (Å²) in [6.07, 6.45) is 1.13. The quantitative estimate of drug-likeness (QED) is 0.782. The summed E-state index contributed by atoms with van der Waals surface area (Å²) in [6, 6.07) is 5.78. The first kappa shape index (κ1) is 10.3. The second kappa shape index (κ2) is 3.39. The minimum absolute atomic E-state index is 0.330. The largest absolute Gasteiger partial charge is 0.367 e. The van der Waals surface area contributed by atoms with Gasteiger partial charge in [-0.3, -0.25) is 0 Å². The smallest absolute Gasteiger partial charge is 0.132 e. The predicted molar refractivity (Wildman–Crippen MR) is 59.8 cm³/mol. The number of hydrogen-bond acceptors (Lipinski definition) is 3. The molecular weight excluding hydrogens is 210 g/mol. The van der Waals surface area contributed by atoms with Gasteiger partial charge >= 0.3 is 0 Å². The molecule has 1 heterocycles. The highest BCUT2D eigenvalue weighted by Crippen LogP contribution is 2.46. The molecule has 1 aromatic heterocycles. The van der Waals surface area contributed by atoms with E-state index in [1.54, 1.807) is 12.1 Å². The van der Waals surface area contributed by atoms with E-state index in [-0.39, 0.29) is 0 Å². The molecule has 1 aromatic rings. The number of anilines is 1. The molecule has 4 heteroatoms. The van der Waals surface area contributed by atoms with Gasteiger partial charge in [0, 0.05) is 6.04 Å². The maximum Gasteiger partial charge on any atom is 0.132 e. The van der Waals surface area contributed by atoms with Crippen molar-refractivity contribution in [3.05, 3.63) is 22.8 Å². The van der Waals surface area contributed by atoms with E-state index in [4.69, 9.17) is 16.9 Å². The standard InChI is InChI=1S/C11H12ClN3/c1-11(2)5-8(11)14-10-4-7(6-13)3-9(12)15-10/h3-4,8H,5H2,1-2H3,(H,14,15). The molecule has 0 spiro atoms. The Morgan fingerprint density at radius 1 is 1.60 bits per heavy atom. The van der Waals surface area contributed by atoms with E-state index in [2.05, 4.69) is 30.2 Å². The zero-order chi connectivity index (χ0) is 11.1. The molecule has 1 N–H and O–H groups in total. The molecule has 1 atom stereocenters. The van der Waals surface area contributed by atoms with Crippen LogP contribution in [0.2, 0.25) is 5.15 Å². The molecule has 3 nitrogen and oxygen atoms in total. The Balaban J connectivity index is 2.16. The molecule has 0 radical (unpaired) electrons. The Kier molecular flexibility index (Phi) is 2.32. The Bertz CT molecular complexity index is 434. The Morgan fingerprint density at radius 3 is 2.80 bits per heavy atom. The molecule has 0 bridgehead atoms. The van der Waals surface area contributed by atoms with Crippen LogP contribution < -0.4 is 5.32 Å². The zero-order valence-corrected chi connectivity index (χ0v) is 9.47. The summed E-state index contributed by atoms with van der Waals surface area (Å²) in [5.41, 5.74) is 0.868. The summed E-state index contributed by atoms with van der Waals surface area (Å²) < 4.78 is 0. The first-order chi connectivity index (χ1) is 7.01. The third-order valence-corrected chi connectivity index (χ3v) is 2.95. The molecule has 78 valence electrons. The number of hydrogen-bond donors (Lipinski definition) is 1. The lowest BCUT2D eigenvalue weighted by Gasteiger charge is -2.07. The monoisotopic (exact) mass is 221 g/mol. The van der Waals surface area contributed by atoms with Crippen LogP contribution in [0.4, 0.5) is 5.82 Å². The van der Waals surface area contributed by atoms with Crippen molar-refractivity contribution in [2.24, 2.45) is 5.41 Å². The van der Waals surface area contributed by atoms with Crippen LogP contribution >= 0.6 is 11.6 Å². The maximum absolute atomic E-state index is 8.77.